The Kier molecular flexibility index (Phi) is 6.71. The van der Waals surface area contributed by atoms with Gasteiger partial charge < -0.3 is 19.5 Å². The van der Waals surface area contributed by atoms with Crippen LogP contribution in [0.5, 0.6) is 17.4 Å². The molecule has 0 aromatic carbocycles. The minimum Gasteiger partial charge on any atom is -0.486 e. The Morgan fingerprint density at radius 1 is 1.08 bits per heavy atom. The maximum atomic E-state index is 12.7. The second kappa shape index (κ2) is 10.1. The molecule has 0 amide bonds. The smallest absolute Gasteiger partial charge is 0.275 e. The molecule has 5 heterocycles. The number of pyridine rings is 3. The molecule has 1 aliphatic carbocycles. The molecule has 36 heavy (non-hydrogen) atoms. The number of aryl methyl sites for hydroxylation is 1. The van der Waals surface area contributed by atoms with E-state index >= 15 is 0 Å². The van der Waals surface area contributed by atoms with Gasteiger partial charge in [-0.15, -0.1) is 12.4 Å². The quantitative estimate of drug-likeness (QED) is 0.434. The second-order valence-corrected chi connectivity index (χ2v) is 8.57. The molecule has 186 valence electrons. The lowest BCUT2D eigenvalue weighted by Gasteiger charge is -2.25. The van der Waals surface area contributed by atoms with Crippen LogP contribution in [0.3, 0.4) is 0 Å². The number of hydrogen-bond acceptors (Lipinski definition) is 9. The molecule has 6 rings (SSSR count). The van der Waals surface area contributed by atoms with Gasteiger partial charge in [-0.25, -0.2) is 4.98 Å². The highest BCUT2D eigenvalue weighted by atomic mass is 35.5. The van der Waals surface area contributed by atoms with Crippen LogP contribution in [-0.4, -0.2) is 50.9 Å². The second-order valence-electron chi connectivity index (χ2n) is 8.57. The van der Waals surface area contributed by atoms with E-state index in [2.05, 4.69) is 20.3 Å². The fourth-order valence-corrected chi connectivity index (χ4v) is 4.56. The van der Waals surface area contributed by atoms with Crippen molar-refractivity contribution in [1.29, 1.82) is 0 Å². The normalized spacial score (nSPS) is 16.2. The zero-order valence-corrected chi connectivity index (χ0v) is 20.5. The zero-order valence-electron chi connectivity index (χ0n) is 19.6. The number of methoxy groups -OCH3 is 1. The summed E-state index contributed by atoms with van der Waals surface area (Å²) in [5, 5.41) is 3.59. The van der Waals surface area contributed by atoms with Crippen LogP contribution in [0.2, 0.25) is 0 Å². The molecule has 10 nitrogen and oxygen atoms in total. The Morgan fingerprint density at radius 2 is 1.94 bits per heavy atom. The molecule has 4 aromatic rings. The van der Waals surface area contributed by atoms with E-state index in [1.54, 1.807) is 31.6 Å². The summed E-state index contributed by atoms with van der Waals surface area (Å²) in [6.45, 7) is 1.75. The molecule has 11 heteroatoms. The van der Waals surface area contributed by atoms with E-state index < -0.39 is 0 Å². The summed E-state index contributed by atoms with van der Waals surface area (Å²) in [6.07, 6.45) is 7.38. The first-order valence-corrected chi connectivity index (χ1v) is 11.6. The number of nitrogens with zero attached hydrogens (tertiary/aromatic N) is 5. The maximum absolute atomic E-state index is 12.7. The largest absolute Gasteiger partial charge is 0.486 e. The van der Waals surface area contributed by atoms with E-state index in [1.807, 2.05) is 12.1 Å². The van der Waals surface area contributed by atoms with Crippen molar-refractivity contribution in [2.75, 3.05) is 20.3 Å². The molecule has 0 saturated heterocycles. The van der Waals surface area contributed by atoms with Crippen LogP contribution < -0.4 is 25.1 Å². The highest BCUT2D eigenvalue weighted by Crippen LogP contribution is 2.29. The predicted octanol–water partition coefficient (Wildman–Crippen LogP) is 2.42. The maximum Gasteiger partial charge on any atom is 0.275 e. The predicted molar refractivity (Wildman–Crippen MR) is 135 cm³/mol. The first kappa shape index (κ1) is 24.0. The average Bonchev–Trinajstić information content (AvgIpc) is 2.91. The standard InChI is InChI=1S/C25H24N6O4.ClH/c1-33-23-5-4-19-25(30-23)31(24(32)14-29-19)18-8-15-2-3-16(9-20(15)28-12-18)26-11-17-10-21-22(13-27-17)35-7-6-34-21;/h4-5,8,10,12-14,16,26H,2-3,6-7,9,11H2,1H3;1H. The number of aromatic nitrogens is 5. The summed E-state index contributed by atoms with van der Waals surface area (Å²) in [5.41, 5.74) is 4.55. The van der Waals surface area contributed by atoms with Gasteiger partial charge in [-0.1, -0.05) is 0 Å². The Morgan fingerprint density at radius 3 is 2.81 bits per heavy atom. The molecular weight excluding hydrogens is 484 g/mol. The summed E-state index contributed by atoms with van der Waals surface area (Å²) >= 11 is 0. The van der Waals surface area contributed by atoms with E-state index in [0.717, 1.165) is 42.0 Å². The lowest BCUT2D eigenvalue weighted by atomic mass is 9.91. The Balaban J connectivity index is 0.00000267. The lowest BCUT2D eigenvalue weighted by Crippen LogP contribution is -2.35. The molecule has 1 aliphatic heterocycles. The summed E-state index contributed by atoms with van der Waals surface area (Å²) in [4.78, 5) is 30.6. The van der Waals surface area contributed by atoms with Gasteiger partial charge in [0, 0.05) is 36.8 Å². The number of rotatable bonds is 5. The van der Waals surface area contributed by atoms with Crippen molar-refractivity contribution >= 4 is 23.6 Å². The van der Waals surface area contributed by atoms with Gasteiger partial charge in [-0.2, -0.15) is 4.98 Å². The molecule has 0 fully saturated rings. The van der Waals surface area contributed by atoms with Gasteiger partial charge in [0.05, 0.1) is 37.1 Å². The van der Waals surface area contributed by atoms with Crippen LogP contribution in [-0.2, 0) is 19.4 Å². The van der Waals surface area contributed by atoms with Crippen molar-refractivity contribution < 1.29 is 14.2 Å². The van der Waals surface area contributed by atoms with Gasteiger partial charge in [0.2, 0.25) is 5.88 Å². The average molecular weight is 509 g/mol. The van der Waals surface area contributed by atoms with E-state index in [1.165, 1.54) is 10.8 Å². The minimum atomic E-state index is -0.262. The van der Waals surface area contributed by atoms with Gasteiger partial charge in [0.15, 0.2) is 17.1 Å². The molecule has 0 saturated carbocycles. The highest BCUT2D eigenvalue weighted by Gasteiger charge is 2.21. The molecule has 0 bridgehead atoms. The Hall–Kier alpha value is -3.76. The SMILES string of the molecule is COc1ccc2ncc(=O)n(-c3cnc4c(c3)CCC(NCc3cc5c(cn3)OCCO5)C4)c2n1.Cl. The fourth-order valence-electron chi connectivity index (χ4n) is 4.56. The van der Waals surface area contributed by atoms with Crippen LogP contribution >= 0.6 is 12.4 Å². The lowest BCUT2D eigenvalue weighted by molar-refractivity contribution is 0.170. The van der Waals surface area contributed by atoms with E-state index in [9.17, 15) is 4.79 Å². The summed E-state index contributed by atoms with van der Waals surface area (Å²) in [6, 6.07) is 7.76. The molecule has 2 aliphatic rings. The van der Waals surface area contributed by atoms with Gasteiger partial charge >= 0.3 is 0 Å². The Labute approximate surface area is 213 Å². The molecule has 1 atom stereocenters. The van der Waals surface area contributed by atoms with Crippen LogP contribution in [0.25, 0.3) is 16.9 Å². The fraction of sp³-hybridized carbons (Fsp3) is 0.320. The number of nitrogens with one attached hydrogen (secondary N) is 1. The number of hydrogen-bond donors (Lipinski definition) is 1. The molecule has 0 spiro atoms. The first-order chi connectivity index (χ1) is 17.2. The van der Waals surface area contributed by atoms with E-state index in [-0.39, 0.29) is 24.0 Å². The van der Waals surface area contributed by atoms with E-state index in [4.69, 9.17) is 19.2 Å². The highest BCUT2D eigenvalue weighted by molar-refractivity contribution is 5.85. The molecular formula is C25H25ClN6O4. The summed E-state index contributed by atoms with van der Waals surface area (Å²) < 4.78 is 18.0. The van der Waals surface area contributed by atoms with Crippen molar-refractivity contribution in [3.05, 3.63) is 70.2 Å². The van der Waals surface area contributed by atoms with Crippen molar-refractivity contribution in [3.63, 3.8) is 0 Å². The topological polar surface area (TPSA) is 113 Å². The van der Waals surface area contributed by atoms with E-state index in [0.29, 0.717) is 48.2 Å². The first-order valence-electron chi connectivity index (χ1n) is 11.6. The van der Waals surface area contributed by atoms with Gasteiger partial charge in [0.25, 0.3) is 5.56 Å². The number of fused-ring (bicyclic) bond motifs is 3. The summed E-state index contributed by atoms with van der Waals surface area (Å²) in [7, 11) is 1.54. The van der Waals surface area contributed by atoms with Gasteiger partial charge in [0.1, 0.15) is 18.7 Å². The monoisotopic (exact) mass is 508 g/mol. The Bertz CT molecular complexity index is 1480. The van der Waals surface area contributed by atoms with Crippen LogP contribution in [0.1, 0.15) is 23.4 Å². The van der Waals surface area contributed by atoms with Crippen molar-refractivity contribution in [1.82, 2.24) is 29.8 Å². The van der Waals surface area contributed by atoms with Crippen molar-refractivity contribution in [2.45, 2.75) is 31.8 Å². The van der Waals surface area contributed by atoms with Crippen molar-refractivity contribution in [2.24, 2.45) is 0 Å². The third kappa shape index (κ3) is 4.57. The van der Waals surface area contributed by atoms with Crippen LogP contribution in [0, 0.1) is 0 Å². The van der Waals surface area contributed by atoms with Crippen molar-refractivity contribution in [3.8, 4) is 23.1 Å². The summed E-state index contributed by atoms with van der Waals surface area (Å²) in [5.74, 6) is 1.87. The van der Waals surface area contributed by atoms with Crippen LogP contribution in [0.15, 0.2) is 47.7 Å². The van der Waals surface area contributed by atoms with Gasteiger partial charge in [-0.05, 0) is 30.5 Å². The third-order valence-corrected chi connectivity index (χ3v) is 6.35. The molecule has 4 aromatic heterocycles. The number of ether oxygens (including phenoxy) is 3. The molecule has 1 unspecified atom stereocenters. The third-order valence-electron chi connectivity index (χ3n) is 6.35. The molecule has 0 radical (unpaired) electrons. The van der Waals surface area contributed by atoms with Gasteiger partial charge in [-0.3, -0.25) is 19.3 Å². The zero-order chi connectivity index (χ0) is 23.8. The van der Waals surface area contributed by atoms with Crippen LogP contribution in [0.4, 0.5) is 0 Å². The molecule has 1 N–H and O–H groups in total. The minimum absolute atomic E-state index is 0. The number of halogens is 1.